The molecule has 0 bridgehead atoms. The average molecular weight is 244 g/mol. The number of nitriles is 1. The van der Waals surface area contributed by atoms with Crippen LogP contribution in [0.5, 0.6) is 0 Å². The molecule has 0 aromatic heterocycles. The third-order valence-electron chi connectivity index (χ3n) is 1.75. The standard InChI is InChI=1S/C9H6ClNO3S/c1-6-2-7(4-11)9(15(10,13)14)8(3-6)5-12/h2-3,5H,1H3. The Bertz CT molecular complexity index is 557. The van der Waals surface area contributed by atoms with Crippen molar-refractivity contribution in [3.05, 3.63) is 28.8 Å². The van der Waals surface area contributed by atoms with Crippen molar-refractivity contribution in [1.29, 1.82) is 5.26 Å². The van der Waals surface area contributed by atoms with Crippen LogP contribution in [0.3, 0.4) is 0 Å². The first-order chi connectivity index (χ1) is 6.90. The molecule has 0 aliphatic heterocycles. The van der Waals surface area contributed by atoms with Gasteiger partial charge in [0.1, 0.15) is 11.0 Å². The number of benzene rings is 1. The molecule has 1 aromatic rings. The first-order valence-electron chi connectivity index (χ1n) is 3.84. The normalized spacial score (nSPS) is 10.7. The molecule has 0 aliphatic rings. The molecule has 0 saturated carbocycles. The van der Waals surface area contributed by atoms with E-state index in [1.54, 1.807) is 13.0 Å². The number of nitrogens with zero attached hydrogens (tertiary/aromatic N) is 1. The smallest absolute Gasteiger partial charge is 0.263 e. The zero-order valence-electron chi connectivity index (χ0n) is 7.69. The van der Waals surface area contributed by atoms with Gasteiger partial charge in [0.15, 0.2) is 6.29 Å². The maximum Gasteiger partial charge on any atom is 0.263 e. The predicted molar refractivity (Wildman–Crippen MR) is 54.3 cm³/mol. The summed E-state index contributed by atoms with van der Waals surface area (Å²) < 4.78 is 22.3. The minimum absolute atomic E-state index is 0.0958. The summed E-state index contributed by atoms with van der Waals surface area (Å²) in [6.45, 7) is 1.65. The molecule has 0 saturated heterocycles. The minimum Gasteiger partial charge on any atom is -0.298 e. The van der Waals surface area contributed by atoms with E-state index in [0.717, 1.165) is 0 Å². The van der Waals surface area contributed by atoms with Gasteiger partial charge in [-0.25, -0.2) is 8.42 Å². The molecule has 0 amide bonds. The van der Waals surface area contributed by atoms with E-state index in [1.807, 2.05) is 0 Å². The van der Waals surface area contributed by atoms with E-state index in [9.17, 15) is 13.2 Å². The topological polar surface area (TPSA) is 75.0 Å². The summed E-state index contributed by atoms with van der Waals surface area (Å²) >= 11 is 0. The Hall–Kier alpha value is -1.38. The first kappa shape index (κ1) is 11.7. The van der Waals surface area contributed by atoms with Crippen LogP contribution in [0.25, 0.3) is 0 Å². The number of aldehydes is 1. The summed E-state index contributed by atoms with van der Waals surface area (Å²) in [5.74, 6) is 0. The van der Waals surface area contributed by atoms with Crippen LogP contribution in [0.4, 0.5) is 0 Å². The van der Waals surface area contributed by atoms with Crippen LogP contribution in [0, 0.1) is 18.3 Å². The lowest BCUT2D eigenvalue weighted by molar-refractivity contribution is 0.112. The Morgan fingerprint density at radius 3 is 2.47 bits per heavy atom. The first-order valence-corrected chi connectivity index (χ1v) is 6.15. The largest absolute Gasteiger partial charge is 0.298 e. The van der Waals surface area contributed by atoms with Gasteiger partial charge >= 0.3 is 0 Å². The van der Waals surface area contributed by atoms with E-state index < -0.39 is 13.9 Å². The van der Waals surface area contributed by atoms with Crippen molar-refractivity contribution in [1.82, 2.24) is 0 Å². The van der Waals surface area contributed by atoms with Gasteiger partial charge in [-0.3, -0.25) is 4.79 Å². The molecule has 15 heavy (non-hydrogen) atoms. The number of carbonyl (C=O) groups excluding carboxylic acids is 1. The van der Waals surface area contributed by atoms with E-state index in [0.29, 0.717) is 11.8 Å². The van der Waals surface area contributed by atoms with Crippen molar-refractivity contribution in [2.24, 2.45) is 0 Å². The Morgan fingerprint density at radius 1 is 1.47 bits per heavy atom. The predicted octanol–water partition coefficient (Wildman–Crippen LogP) is 1.61. The van der Waals surface area contributed by atoms with Gasteiger partial charge in [-0.2, -0.15) is 5.26 Å². The molecular formula is C9H6ClNO3S. The molecule has 0 heterocycles. The fraction of sp³-hybridized carbons (Fsp3) is 0.111. The second-order valence-corrected chi connectivity index (χ2v) is 5.40. The summed E-state index contributed by atoms with van der Waals surface area (Å²) in [6, 6.07) is 4.42. The second-order valence-electron chi connectivity index (χ2n) is 2.90. The highest BCUT2D eigenvalue weighted by molar-refractivity contribution is 8.13. The molecule has 0 aliphatic carbocycles. The Labute approximate surface area is 91.5 Å². The highest BCUT2D eigenvalue weighted by Gasteiger charge is 2.20. The maximum absolute atomic E-state index is 11.2. The number of rotatable bonds is 2. The van der Waals surface area contributed by atoms with Crippen LogP contribution in [-0.4, -0.2) is 14.7 Å². The van der Waals surface area contributed by atoms with Crippen LogP contribution in [-0.2, 0) is 9.05 Å². The molecule has 78 valence electrons. The van der Waals surface area contributed by atoms with Gasteiger partial charge in [-0.15, -0.1) is 0 Å². The van der Waals surface area contributed by atoms with E-state index in [-0.39, 0.29) is 11.1 Å². The highest BCUT2D eigenvalue weighted by Crippen LogP contribution is 2.24. The average Bonchev–Trinajstić information content (AvgIpc) is 2.14. The van der Waals surface area contributed by atoms with Crippen LogP contribution in [0.15, 0.2) is 17.0 Å². The van der Waals surface area contributed by atoms with Crippen molar-refractivity contribution in [2.45, 2.75) is 11.8 Å². The quantitative estimate of drug-likeness (QED) is 0.584. The summed E-state index contributed by atoms with van der Waals surface area (Å²) in [5.41, 5.74) is 0.409. The summed E-state index contributed by atoms with van der Waals surface area (Å²) in [5, 5.41) is 8.74. The minimum atomic E-state index is -4.09. The molecule has 6 heteroatoms. The molecule has 0 N–H and O–H groups in total. The zero-order valence-corrected chi connectivity index (χ0v) is 9.26. The molecular weight excluding hydrogens is 238 g/mol. The molecule has 1 rings (SSSR count). The van der Waals surface area contributed by atoms with Gasteiger partial charge in [-0.05, 0) is 24.6 Å². The van der Waals surface area contributed by atoms with E-state index in [4.69, 9.17) is 15.9 Å². The van der Waals surface area contributed by atoms with Crippen LogP contribution < -0.4 is 0 Å². The third-order valence-corrected chi connectivity index (χ3v) is 3.16. The van der Waals surface area contributed by atoms with Gasteiger partial charge in [-0.1, -0.05) is 0 Å². The SMILES string of the molecule is Cc1cc(C#N)c(S(=O)(=O)Cl)c(C=O)c1. The van der Waals surface area contributed by atoms with Crippen molar-refractivity contribution in [3.8, 4) is 6.07 Å². The zero-order chi connectivity index (χ0) is 11.6. The molecule has 0 radical (unpaired) electrons. The summed E-state index contributed by atoms with van der Waals surface area (Å²) in [4.78, 5) is 10.2. The van der Waals surface area contributed by atoms with Crippen molar-refractivity contribution < 1.29 is 13.2 Å². The van der Waals surface area contributed by atoms with E-state index >= 15 is 0 Å². The van der Waals surface area contributed by atoms with E-state index in [1.165, 1.54) is 12.1 Å². The molecule has 0 atom stereocenters. The number of carbonyl (C=O) groups is 1. The number of hydrogen-bond acceptors (Lipinski definition) is 4. The Kier molecular flexibility index (Phi) is 3.12. The lowest BCUT2D eigenvalue weighted by atomic mass is 10.1. The van der Waals surface area contributed by atoms with Gasteiger partial charge < -0.3 is 0 Å². The third kappa shape index (κ3) is 2.35. The van der Waals surface area contributed by atoms with Crippen LogP contribution in [0.1, 0.15) is 21.5 Å². The van der Waals surface area contributed by atoms with Crippen molar-refractivity contribution in [2.75, 3.05) is 0 Å². The van der Waals surface area contributed by atoms with Gasteiger partial charge in [0.2, 0.25) is 0 Å². The van der Waals surface area contributed by atoms with Crippen LogP contribution in [0.2, 0.25) is 0 Å². The molecule has 1 aromatic carbocycles. The highest BCUT2D eigenvalue weighted by atomic mass is 35.7. The van der Waals surface area contributed by atoms with Crippen molar-refractivity contribution in [3.63, 3.8) is 0 Å². The number of hydrogen-bond donors (Lipinski definition) is 0. The summed E-state index contributed by atoms with van der Waals surface area (Å²) in [6.07, 6.45) is 0.364. The molecule has 4 nitrogen and oxygen atoms in total. The second kappa shape index (κ2) is 4.01. The Morgan fingerprint density at radius 2 is 2.07 bits per heavy atom. The molecule has 0 fully saturated rings. The van der Waals surface area contributed by atoms with Gasteiger partial charge in [0, 0.05) is 16.2 Å². The van der Waals surface area contributed by atoms with Crippen molar-refractivity contribution >= 4 is 26.0 Å². The molecule has 0 spiro atoms. The lowest BCUT2D eigenvalue weighted by Gasteiger charge is -2.04. The summed E-state index contributed by atoms with van der Waals surface area (Å²) in [7, 11) is 1.05. The fourth-order valence-corrected chi connectivity index (χ4v) is 2.52. The maximum atomic E-state index is 11.2. The molecule has 0 unspecified atom stereocenters. The Balaban J connectivity index is 3.77. The van der Waals surface area contributed by atoms with E-state index in [2.05, 4.69) is 0 Å². The van der Waals surface area contributed by atoms with Gasteiger partial charge in [0.05, 0.1) is 5.56 Å². The van der Waals surface area contributed by atoms with Crippen LogP contribution >= 0.6 is 10.7 Å². The fourth-order valence-electron chi connectivity index (χ4n) is 1.24. The number of halogens is 1. The lowest BCUT2D eigenvalue weighted by Crippen LogP contribution is -2.01. The number of aryl methyl sites for hydroxylation is 1. The monoisotopic (exact) mass is 243 g/mol. The van der Waals surface area contributed by atoms with Gasteiger partial charge in [0.25, 0.3) is 9.05 Å².